The SMILES string of the molecule is COc1cc(C(C#N)NC2CCCC2)cc(OC)c1OC. The summed E-state index contributed by atoms with van der Waals surface area (Å²) in [5.41, 5.74) is 0.832. The van der Waals surface area contributed by atoms with Crippen LogP contribution in [-0.4, -0.2) is 27.4 Å². The molecule has 0 aromatic heterocycles. The van der Waals surface area contributed by atoms with Crippen LogP contribution in [0.4, 0.5) is 0 Å². The van der Waals surface area contributed by atoms with Crippen molar-refractivity contribution in [2.45, 2.75) is 37.8 Å². The predicted molar refractivity (Wildman–Crippen MR) is 79.8 cm³/mol. The monoisotopic (exact) mass is 290 g/mol. The van der Waals surface area contributed by atoms with Gasteiger partial charge in [0.2, 0.25) is 5.75 Å². The summed E-state index contributed by atoms with van der Waals surface area (Å²) >= 11 is 0. The first kappa shape index (κ1) is 15.5. The summed E-state index contributed by atoms with van der Waals surface area (Å²) in [5, 5.41) is 12.9. The number of nitrogens with zero attached hydrogens (tertiary/aromatic N) is 1. The summed E-state index contributed by atoms with van der Waals surface area (Å²) in [6, 6.07) is 6.02. The molecule has 5 heteroatoms. The molecule has 0 aliphatic heterocycles. The highest BCUT2D eigenvalue weighted by molar-refractivity contribution is 5.55. The highest BCUT2D eigenvalue weighted by atomic mass is 16.5. The third-order valence-electron chi connectivity index (χ3n) is 3.91. The van der Waals surface area contributed by atoms with Crippen LogP contribution in [0, 0.1) is 11.3 Å². The van der Waals surface area contributed by atoms with Gasteiger partial charge >= 0.3 is 0 Å². The van der Waals surface area contributed by atoms with Crippen LogP contribution in [0.5, 0.6) is 17.2 Å². The van der Waals surface area contributed by atoms with Crippen molar-refractivity contribution in [3.63, 3.8) is 0 Å². The second-order valence-electron chi connectivity index (χ2n) is 5.17. The van der Waals surface area contributed by atoms with Gasteiger partial charge in [0.15, 0.2) is 11.5 Å². The zero-order valence-corrected chi connectivity index (χ0v) is 12.8. The molecule has 1 aliphatic rings. The molecular weight excluding hydrogens is 268 g/mol. The van der Waals surface area contributed by atoms with Crippen LogP contribution in [0.3, 0.4) is 0 Å². The first-order valence-electron chi connectivity index (χ1n) is 7.19. The predicted octanol–water partition coefficient (Wildman–Crippen LogP) is 2.81. The zero-order valence-electron chi connectivity index (χ0n) is 12.8. The molecule has 1 fully saturated rings. The number of nitrogens with one attached hydrogen (secondary N) is 1. The smallest absolute Gasteiger partial charge is 0.203 e. The van der Waals surface area contributed by atoms with Crippen molar-refractivity contribution in [1.29, 1.82) is 5.26 Å². The van der Waals surface area contributed by atoms with Gasteiger partial charge in [-0.25, -0.2) is 0 Å². The number of rotatable bonds is 6. The zero-order chi connectivity index (χ0) is 15.2. The van der Waals surface area contributed by atoms with E-state index in [4.69, 9.17) is 14.2 Å². The summed E-state index contributed by atoms with van der Waals surface area (Å²) in [6.07, 6.45) is 4.71. The van der Waals surface area contributed by atoms with Crippen molar-refractivity contribution >= 4 is 0 Å². The van der Waals surface area contributed by atoms with Crippen LogP contribution in [-0.2, 0) is 0 Å². The molecular formula is C16H22N2O3. The Morgan fingerprint density at radius 1 is 1.10 bits per heavy atom. The van der Waals surface area contributed by atoms with E-state index in [9.17, 15) is 5.26 Å². The molecule has 1 aromatic rings. The Hall–Kier alpha value is -1.93. The fourth-order valence-corrected chi connectivity index (χ4v) is 2.80. The number of methoxy groups -OCH3 is 3. The van der Waals surface area contributed by atoms with Crippen LogP contribution < -0.4 is 19.5 Å². The van der Waals surface area contributed by atoms with Gasteiger partial charge in [-0.3, -0.25) is 5.32 Å². The number of hydrogen-bond acceptors (Lipinski definition) is 5. The van der Waals surface area contributed by atoms with Gasteiger partial charge < -0.3 is 14.2 Å². The van der Waals surface area contributed by atoms with Crippen molar-refractivity contribution in [2.75, 3.05) is 21.3 Å². The highest BCUT2D eigenvalue weighted by Crippen LogP contribution is 2.39. The van der Waals surface area contributed by atoms with Crippen LogP contribution in [0.15, 0.2) is 12.1 Å². The average molecular weight is 290 g/mol. The molecule has 0 radical (unpaired) electrons. The van der Waals surface area contributed by atoms with E-state index in [2.05, 4.69) is 11.4 Å². The summed E-state index contributed by atoms with van der Waals surface area (Å²) in [4.78, 5) is 0. The normalized spacial score (nSPS) is 16.3. The molecule has 5 nitrogen and oxygen atoms in total. The maximum atomic E-state index is 9.47. The Morgan fingerprint density at radius 3 is 2.10 bits per heavy atom. The van der Waals surface area contributed by atoms with E-state index in [1.165, 1.54) is 12.8 Å². The van der Waals surface area contributed by atoms with E-state index < -0.39 is 0 Å². The van der Waals surface area contributed by atoms with Crippen molar-refractivity contribution in [3.8, 4) is 23.3 Å². The fraction of sp³-hybridized carbons (Fsp3) is 0.562. The van der Waals surface area contributed by atoms with E-state index in [0.717, 1.165) is 18.4 Å². The quantitative estimate of drug-likeness (QED) is 0.872. The van der Waals surface area contributed by atoms with Crippen molar-refractivity contribution in [1.82, 2.24) is 5.32 Å². The molecule has 0 spiro atoms. The van der Waals surface area contributed by atoms with Crippen molar-refractivity contribution in [2.24, 2.45) is 0 Å². The maximum absolute atomic E-state index is 9.47. The van der Waals surface area contributed by atoms with Gasteiger partial charge in [0.1, 0.15) is 6.04 Å². The summed E-state index contributed by atoms with van der Waals surface area (Å²) < 4.78 is 16.0. The number of hydrogen-bond donors (Lipinski definition) is 1. The van der Waals surface area contributed by atoms with Gasteiger partial charge in [-0.2, -0.15) is 5.26 Å². The Bertz CT molecular complexity index is 494. The molecule has 0 bridgehead atoms. The van der Waals surface area contributed by atoms with E-state index >= 15 is 0 Å². The Balaban J connectivity index is 2.30. The van der Waals surface area contributed by atoms with Gasteiger partial charge in [0.25, 0.3) is 0 Å². The maximum Gasteiger partial charge on any atom is 0.203 e. The van der Waals surface area contributed by atoms with E-state index in [-0.39, 0.29) is 6.04 Å². The van der Waals surface area contributed by atoms with Crippen LogP contribution in [0.1, 0.15) is 37.3 Å². The Labute approximate surface area is 125 Å². The highest BCUT2D eigenvalue weighted by Gasteiger charge is 2.23. The molecule has 0 amide bonds. The first-order valence-corrected chi connectivity index (χ1v) is 7.19. The fourth-order valence-electron chi connectivity index (χ4n) is 2.80. The molecule has 1 atom stereocenters. The molecule has 114 valence electrons. The summed E-state index contributed by atoms with van der Waals surface area (Å²) in [6.45, 7) is 0. The van der Waals surface area contributed by atoms with Gasteiger partial charge in [-0.15, -0.1) is 0 Å². The molecule has 2 rings (SSSR count). The van der Waals surface area contributed by atoms with Gasteiger partial charge in [0.05, 0.1) is 27.4 Å². The van der Waals surface area contributed by atoms with Crippen molar-refractivity contribution < 1.29 is 14.2 Å². The van der Waals surface area contributed by atoms with Crippen molar-refractivity contribution in [3.05, 3.63) is 17.7 Å². The molecule has 21 heavy (non-hydrogen) atoms. The second kappa shape index (κ2) is 7.19. The van der Waals surface area contributed by atoms with Gasteiger partial charge in [-0.1, -0.05) is 12.8 Å². The van der Waals surface area contributed by atoms with Crippen LogP contribution in [0.2, 0.25) is 0 Å². The lowest BCUT2D eigenvalue weighted by Gasteiger charge is -2.20. The third kappa shape index (κ3) is 3.40. The molecule has 1 saturated carbocycles. The minimum atomic E-state index is -0.373. The second-order valence-corrected chi connectivity index (χ2v) is 5.17. The number of ether oxygens (including phenoxy) is 3. The molecule has 1 N–H and O–H groups in total. The summed E-state index contributed by atoms with van der Waals surface area (Å²) in [7, 11) is 4.72. The lowest BCUT2D eigenvalue weighted by atomic mass is 10.0. The molecule has 0 saturated heterocycles. The summed E-state index contributed by atoms with van der Waals surface area (Å²) in [5.74, 6) is 1.68. The lowest BCUT2D eigenvalue weighted by Crippen LogP contribution is -2.29. The topological polar surface area (TPSA) is 63.5 Å². The van der Waals surface area contributed by atoms with Crippen LogP contribution in [0.25, 0.3) is 0 Å². The van der Waals surface area contributed by atoms with E-state index in [0.29, 0.717) is 23.3 Å². The number of benzene rings is 1. The standard InChI is InChI=1S/C16H22N2O3/c1-19-14-8-11(9-15(20-2)16(14)21-3)13(10-17)18-12-6-4-5-7-12/h8-9,12-13,18H,4-7H2,1-3H3. The van der Waals surface area contributed by atoms with Gasteiger partial charge in [-0.05, 0) is 30.5 Å². The minimum absolute atomic E-state index is 0.373. The first-order chi connectivity index (χ1) is 10.2. The average Bonchev–Trinajstić information content (AvgIpc) is 3.04. The Kier molecular flexibility index (Phi) is 5.29. The Morgan fingerprint density at radius 2 is 1.67 bits per heavy atom. The van der Waals surface area contributed by atoms with E-state index in [1.807, 2.05) is 12.1 Å². The molecule has 1 aliphatic carbocycles. The van der Waals surface area contributed by atoms with E-state index in [1.54, 1.807) is 21.3 Å². The lowest BCUT2D eigenvalue weighted by molar-refractivity contribution is 0.323. The molecule has 1 unspecified atom stereocenters. The minimum Gasteiger partial charge on any atom is -0.493 e. The molecule has 0 heterocycles. The van der Waals surface area contributed by atoms with Gasteiger partial charge in [0, 0.05) is 6.04 Å². The van der Waals surface area contributed by atoms with Crippen LogP contribution >= 0.6 is 0 Å². The third-order valence-corrected chi connectivity index (χ3v) is 3.91. The largest absolute Gasteiger partial charge is 0.493 e. The molecule has 1 aromatic carbocycles. The number of nitriles is 1.